The second-order valence-corrected chi connectivity index (χ2v) is 5.99. The number of hydrogen-bond donors (Lipinski definition) is 2. The van der Waals surface area contributed by atoms with Crippen LogP contribution >= 0.6 is 11.8 Å². The van der Waals surface area contributed by atoms with Crippen molar-refractivity contribution in [3.05, 3.63) is 29.6 Å². The highest BCUT2D eigenvalue weighted by atomic mass is 32.2. The fraction of sp³-hybridized carbons (Fsp3) is 0.429. The molecule has 1 aliphatic rings. The Kier molecular flexibility index (Phi) is 3.82. The number of aryl methyl sites for hydroxylation is 1. The fourth-order valence-electron chi connectivity index (χ4n) is 2.41. The largest absolute Gasteiger partial charge is 0.506 e. The van der Waals surface area contributed by atoms with Crippen molar-refractivity contribution in [2.24, 2.45) is 0 Å². The van der Waals surface area contributed by atoms with Crippen molar-refractivity contribution in [1.82, 2.24) is 14.8 Å². The molecule has 0 radical (unpaired) electrons. The van der Waals surface area contributed by atoms with E-state index in [9.17, 15) is 5.11 Å². The third-order valence-electron chi connectivity index (χ3n) is 3.54. The van der Waals surface area contributed by atoms with Crippen molar-refractivity contribution in [3.63, 3.8) is 0 Å². The number of phenolic OH excluding ortho intramolecular Hbond substituents is 1. The van der Waals surface area contributed by atoms with Gasteiger partial charge in [0, 0.05) is 18.7 Å². The summed E-state index contributed by atoms with van der Waals surface area (Å²) in [5, 5.41) is 19.0. The number of rotatable bonds is 3. The molecule has 106 valence electrons. The quantitative estimate of drug-likeness (QED) is 0.516. The van der Waals surface area contributed by atoms with Crippen LogP contribution in [-0.4, -0.2) is 19.9 Å². The maximum Gasteiger partial charge on any atom is 0.191 e. The molecule has 5 nitrogen and oxygen atoms in total. The van der Waals surface area contributed by atoms with Crippen LogP contribution in [0.15, 0.2) is 23.4 Å². The van der Waals surface area contributed by atoms with Crippen LogP contribution in [0.4, 0.5) is 5.69 Å². The van der Waals surface area contributed by atoms with Gasteiger partial charge >= 0.3 is 0 Å². The van der Waals surface area contributed by atoms with Gasteiger partial charge in [-0.3, -0.25) is 0 Å². The summed E-state index contributed by atoms with van der Waals surface area (Å²) in [6.45, 7) is 1.02. The number of benzene rings is 1. The Morgan fingerprint density at radius 1 is 1.25 bits per heavy atom. The molecule has 2 aromatic rings. The highest BCUT2D eigenvalue weighted by molar-refractivity contribution is 7.98. The number of fused-ring (bicyclic) bond motifs is 1. The third-order valence-corrected chi connectivity index (χ3v) is 4.57. The molecule has 0 aliphatic carbocycles. The van der Waals surface area contributed by atoms with Crippen LogP contribution in [0.3, 0.4) is 0 Å². The zero-order chi connectivity index (χ0) is 13.9. The molecular weight excluding hydrogens is 272 g/mol. The van der Waals surface area contributed by atoms with Gasteiger partial charge in [-0.05, 0) is 30.5 Å². The molecule has 3 rings (SSSR count). The molecule has 0 fully saturated rings. The Bertz CT molecular complexity index is 611. The minimum atomic E-state index is 0.134. The molecule has 0 bridgehead atoms. The Balaban J connectivity index is 1.72. The van der Waals surface area contributed by atoms with Gasteiger partial charge in [0.05, 0.1) is 5.69 Å². The zero-order valence-corrected chi connectivity index (χ0v) is 12.1. The molecule has 0 saturated heterocycles. The Morgan fingerprint density at radius 2 is 2.15 bits per heavy atom. The number of hydrogen-bond acceptors (Lipinski definition) is 5. The van der Waals surface area contributed by atoms with Gasteiger partial charge in [-0.25, -0.2) is 0 Å². The van der Waals surface area contributed by atoms with E-state index < -0.39 is 0 Å². The van der Waals surface area contributed by atoms with Gasteiger partial charge in [0.2, 0.25) is 0 Å². The average molecular weight is 290 g/mol. The number of phenols is 1. The first-order valence-electron chi connectivity index (χ1n) is 6.86. The topological polar surface area (TPSA) is 77.0 Å². The third kappa shape index (κ3) is 2.75. The van der Waals surface area contributed by atoms with Crippen LogP contribution in [-0.2, 0) is 18.7 Å². The number of anilines is 1. The smallest absolute Gasteiger partial charge is 0.191 e. The first-order valence-corrected chi connectivity index (χ1v) is 7.85. The summed E-state index contributed by atoms with van der Waals surface area (Å²) in [5.41, 5.74) is 7.21. The van der Waals surface area contributed by atoms with Gasteiger partial charge in [-0.15, -0.1) is 10.2 Å². The maximum absolute atomic E-state index is 9.43. The molecule has 0 spiro atoms. The first-order chi connectivity index (χ1) is 9.74. The van der Waals surface area contributed by atoms with E-state index >= 15 is 0 Å². The van der Waals surface area contributed by atoms with Crippen molar-refractivity contribution in [3.8, 4) is 5.75 Å². The Labute approximate surface area is 122 Å². The lowest BCUT2D eigenvalue weighted by Gasteiger charge is -2.07. The molecule has 2 heterocycles. The van der Waals surface area contributed by atoms with Gasteiger partial charge in [-0.1, -0.05) is 24.2 Å². The maximum atomic E-state index is 9.43. The zero-order valence-electron chi connectivity index (χ0n) is 11.2. The number of nitrogens with two attached hydrogens (primary N) is 1. The summed E-state index contributed by atoms with van der Waals surface area (Å²) in [5.74, 6) is 2.02. The second-order valence-electron chi connectivity index (χ2n) is 5.04. The molecule has 3 N–H and O–H groups in total. The molecular formula is C14H18N4OS. The minimum absolute atomic E-state index is 0.134. The predicted molar refractivity (Wildman–Crippen MR) is 79.7 cm³/mol. The summed E-state index contributed by atoms with van der Waals surface area (Å²) >= 11 is 1.67. The van der Waals surface area contributed by atoms with E-state index in [1.54, 1.807) is 17.8 Å². The van der Waals surface area contributed by atoms with Crippen molar-refractivity contribution < 1.29 is 5.11 Å². The van der Waals surface area contributed by atoms with Crippen LogP contribution in [0.2, 0.25) is 0 Å². The predicted octanol–water partition coefficient (Wildman–Crippen LogP) is 2.58. The van der Waals surface area contributed by atoms with Crippen LogP contribution in [0.1, 0.15) is 30.7 Å². The SMILES string of the molecule is Nc1cc(CSc2nnc3n2CCCCC3)ccc1O. The summed E-state index contributed by atoms with van der Waals surface area (Å²) < 4.78 is 2.24. The molecule has 0 atom stereocenters. The van der Waals surface area contributed by atoms with E-state index in [0.717, 1.165) is 35.3 Å². The normalized spacial score (nSPS) is 14.8. The van der Waals surface area contributed by atoms with Crippen LogP contribution in [0, 0.1) is 0 Å². The number of nitrogens with zero attached hydrogens (tertiary/aromatic N) is 3. The molecule has 0 amide bonds. The fourth-order valence-corrected chi connectivity index (χ4v) is 3.33. The molecule has 1 aromatic carbocycles. The van der Waals surface area contributed by atoms with E-state index in [1.165, 1.54) is 19.3 Å². The van der Waals surface area contributed by atoms with Crippen molar-refractivity contribution >= 4 is 17.4 Å². The van der Waals surface area contributed by atoms with Gasteiger partial charge in [0.1, 0.15) is 11.6 Å². The summed E-state index contributed by atoms with van der Waals surface area (Å²) in [6.07, 6.45) is 4.70. The lowest BCUT2D eigenvalue weighted by Crippen LogP contribution is -2.02. The van der Waals surface area contributed by atoms with Crippen LogP contribution in [0.25, 0.3) is 0 Å². The lowest BCUT2D eigenvalue weighted by atomic mass is 10.2. The monoisotopic (exact) mass is 290 g/mol. The van der Waals surface area contributed by atoms with E-state index in [-0.39, 0.29) is 5.75 Å². The van der Waals surface area contributed by atoms with Crippen molar-refractivity contribution in [2.75, 3.05) is 5.73 Å². The molecule has 1 aliphatic heterocycles. The van der Waals surface area contributed by atoms with Gasteiger partial charge in [-0.2, -0.15) is 0 Å². The van der Waals surface area contributed by atoms with E-state index in [4.69, 9.17) is 5.73 Å². The molecule has 20 heavy (non-hydrogen) atoms. The minimum Gasteiger partial charge on any atom is -0.506 e. The van der Waals surface area contributed by atoms with Gasteiger partial charge in [0.15, 0.2) is 5.16 Å². The Morgan fingerprint density at radius 3 is 3.00 bits per heavy atom. The average Bonchev–Trinajstić information content (AvgIpc) is 2.68. The standard InChI is InChI=1S/C14H18N4OS/c15-11-8-10(5-6-12(11)19)9-20-14-17-16-13-4-2-1-3-7-18(13)14/h5-6,8,19H,1-4,7,9,15H2. The summed E-state index contributed by atoms with van der Waals surface area (Å²) in [7, 11) is 0. The number of aromatic nitrogens is 3. The number of nitrogen functional groups attached to an aromatic ring is 1. The van der Waals surface area contributed by atoms with Crippen molar-refractivity contribution in [2.45, 2.75) is 43.1 Å². The summed E-state index contributed by atoms with van der Waals surface area (Å²) in [6, 6.07) is 5.33. The van der Waals surface area contributed by atoms with E-state index in [0.29, 0.717) is 5.69 Å². The lowest BCUT2D eigenvalue weighted by molar-refractivity contribution is 0.478. The summed E-state index contributed by atoms with van der Waals surface area (Å²) in [4.78, 5) is 0. The first kappa shape index (κ1) is 13.3. The highest BCUT2D eigenvalue weighted by Gasteiger charge is 2.15. The van der Waals surface area contributed by atoms with E-state index in [1.807, 2.05) is 12.1 Å². The van der Waals surface area contributed by atoms with Crippen LogP contribution < -0.4 is 5.73 Å². The molecule has 1 aromatic heterocycles. The molecule has 6 heteroatoms. The molecule has 0 saturated carbocycles. The van der Waals surface area contributed by atoms with Crippen molar-refractivity contribution in [1.29, 1.82) is 0 Å². The Hall–Kier alpha value is -1.69. The van der Waals surface area contributed by atoms with Gasteiger partial charge < -0.3 is 15.4 Å². The van der Waals surface area contributed by atoms with E-state index in [2.05, 4.69) is 14.8 Å². The number of aromatic hydroxyl groups is 1. The second kappa shape index (κ2) is 5.75. The number of thioether (sulfide) groups is 1. The highest BCUT2D eigenvalue weighted by Crippen LogP contribution is 2.27. The van der Waals surface area contributed by atoms with Gasteiger partial charge in [0.25, 0.3) is 0 Å². The molecule has 0 unspecified atom stereocenters. The van der Waals surface area contributed by atoms with Crippen LogP contribution in [0.5, 0.6) is 5.75 Å².